The Balaban J connectivity index is 1.38. The number of anilines is 1. The van der Waals surface area contributed by atoms with Crippen molar-refractivity contribution >= 4 is 28.0 Å². The number of nitrogens with one attached hydrogen (secondary N) is 1. The van der Waals surface area contributed by atoms with Crippen LogP contribution < -0.4 is 5.32 Å². The topological polar surface area (TPSA) is 81.4 Å². The van der Waals surface area contributed by atoms with Crippen molar-refractivity contribution in [1.29, 1.82) is 0 Å². The van der Waals surface area contributed by atoms with E-state index in [2.05, 4.69) is 20.5 Å². The molecule has 0 spiro atoms. The van der Waals surface area contributed by atoms with E-state index in [0.29, 0.717) is 18.0 Å². The van der Waals surface area contributed by atoms with Crippen molar-refractivity contribution in [1.82, 2.24) is 19.6 Å². The molecule has 1 saturated heterocycles. The number of pyridine rings is 1. The van der Waals surface area contributed by atoms with E-state index in [1.54, 1.807) is 0 Å². The number of aromatic nitrogens is 4. The molecule has 0 aliphatic carbocycles. The highest BCUT2D eigenvalue weighted by Gasteiger charge is 2.22. The van der Waals surface area contributed by atoms with E-state index in [4.69, 9.17) is 4.74 Å². The highest BCUT2D eigenvalue weighted by Crippen LogP contribution is 2.31. The summed E-state index contributed by atoms with van der Waals surface area (Å²) < 4.78 is 7.62. The van der Waals surface area contributed by atoms with E-state index in [0.717, 1.165) is 41.5 Å². The smallest absolute Gasteiger partial charge is 0.226 e. The first-order chi connectivity index (χ1) is 12.2. The molecule has 4 rings (SSSR count). The van der Waals surface area contributed by atoms with E-state index in [1.807, 2.05) is 35.7 Å². The Bertz CT molecular complexity index is 897. The van der Waals surface area contributed by atoms with Crippen LogP contribution in [0.5, 0.6) is 0 Å². The molecule has 7 nitrogen and oxygen atoms in total. The van der Waals surface area contributed by atoms with E-state index in [-0.39, 0.29) is 12.0 Å². The molecule has 8 heteroatoms. The first-order valence-corrected chi connectivity index (χ1v) is 9.20. The van der Waals surface area contributed by atoms with Crippen molar-refractivity contribution in [2.75, 3.05) is 11.9 Å². The van der Waals surface area contributed by atoms with Gasteiger partial charge < -0.3 is 14.5 Å². The van der Waals surface area contributed by atoms with E-state index >= 15 is 0 Å². The number of hydrogen-bond acceptors (Lipinski definition) is 6. The molecule has 3 aromatic rings. The van der Waals surface area contributed by atoms with Gasteiger partial charge in [-0.05, 0) is 38.3 Å². The van der Waals surface area contributed by atoms with E-state index in [9.17, 15) is 4.79 Å². The summed E-state index contributed by atoms with van der Waals surface area (Å²) in [5.74, 6) is -0.0691. The Kier molecular flexibility index (Phi) is 4.46. The predicted octanol–water partition coefficient (Wildman–Crippen LogP) is 2.92. The summed E-state index contributed by atoms with van der Waals surface area (Å²) in [5, 5.41) is 12.4. The Morgan fingerprint density at radius 1 is 1.44 bits per heavy atom. The van der Waals surface area contributed by atoms with Crippen LogP contribution in [0, 0.1) is 6.92 Å². The highest BCUT2D eigenvalue weighted by atomic mass is 32.1. The minimum Gasteiger partial charge on any atom is -0.371 e. The zero-order valence-electron chi connectivity index (χ0n) is 13.9. The van der Waals surface area contributed by atoms with Crippen molar-refractivity contribution in [3.8, 4) is 0 Å². The van der Waals surface area contributed by atoms with Crippen molar-refractivity contribution in [3.05, 3.63) is 40.8 Å². The normalized spacial score (nSPS) is 17.2. The molecule has 1 fully saturated rings. The van der Waals surface area contributed by atoms with Crippen LogP contribution >= 0.6 is 11.3 Å². The second kappa shape index (κ2) is 6.89. The molecule has 3 aromatic heterocycles. The Hall–Kier alpha value is -2.32. The highest BCUT2D eigenvalue weighted by molar-refractivity contribution is 7.15. The number of carbonyl (C=O) groups excluding carboxylic acids is 1. The van der Waals surface area contributed by atoms with Crippen LogP contribution in [0.3, 0.4) is 0 Å². The lowest BCUT2D eigenvalue weighted by atomic mass is 10.2. The number of rotatable bonds is 5. The van der Waals surface area contributed by atoms with Crippen LogP contribution in [0.1, 0.15) is 41.8 Å². The average molecular weight is 357 g/mol. The van der Waals surface area contributed by atoms with Gasteiger partial charge in [-0.3, -0.25) is 4.79 Å². The van der Waals surface area contributed by atoms with Gasteiger partial charge in [-0.15, -0.1) is 10.2 Å². The fourth-order valence-corrected chi connectivity index (χ4v) is 3.91. The van der Waals surface area contributed by atoms with Crippen molar-refractivity contribution in [2.45, 2.75) is 38.7 Å². The van der Waals surface area contributed by atoms with Gasteiger partial charge in [-0.2, -0.15) is 0 Å². The van der Waals surface area contributed by atoms with Gasteiger partial charge >= 0.3 is 0 Å². The van der Waals surface area contributed by atoms with Crippen molar-refractivity contribution < 1.29 is 9.53 Å². The van der Waals surface area contributed by atoms with Gasteiger partial charge in [0.05, 0.1) is 5.69 Å². The maximum Gasteiger partial charge on any atom is 0.226 e. The summed E-state index contributed by atoms with van der Waals surface area (Å²) >= 11 is 1.39. The summed E-state index contributed by atoms with van der Waals surface area (Å²) in [6, 6.07) is 5.88. The maximum atomic E-state index is 12.3. The summed E-state index contributed by atoms with van der Waals surface area (Å²) in [4.78, 5) is 16.8. The molecular weight excluding hydrogens is 338 g/mol. The number of fused-ring (bicyclic) bond motifs is 1. The molecule has 0 bridgehead atoms. The molecule has 1 aliphatic rings. The van der Waals surface area contributed by atoms with Gasteiger partial charge in [0.25, 0.3) is 0 Å². The Morgan fingerprint density at radius 2 is 2.36 bits per heavy atom. The van der Waals surface area contributed by atoms with Crippen LogP contribution in [0.2, 0.25) is 0 Å². The number of ether oxygens (including phenoxy) is 1. The molecular formula is C17H19N5O2S. The average Bonchev–Trinajstić information content (AvgIpc) is 3.32. The van der Waals surface area contributed by atoms with Crippen LogP contribution in [0.4, 0.5) is 5.13 Å². The fraction of sp³-hybridized carbons (Fsp3) is 0.412. The summed E-state index contributed by atoms with van der Waals surface area (Å²) in [5.41, 5.74) is 2.92. The Morgan fingerprint density at radius 3 is 3.20 bits per heavy atom. The molecule has 1 unspecified atom stereocenters. The third-order valence-corrected chi connectivity index (χ3v) is 5.24. The molecule has 25 heavy (non-hydrogen) atoms. The molecule has 1 atom stereocenters. The van der Waals surface area contributed by atoms with E-state index < -0.39 is 0 Å². The monoisotopic (exact) mass is 357 g/mol. The summed E-state index contributed by atoms with van der Waals surface area (Å²) in [6.07, 6.45) is 5.02. The van der Waals surface area contributed by atoms with Crippen LogP contribution in [-0.2, 0) is 16.0 Å². The maximum absolute atomic E-state index is 12.3. The third-order valence-electron chi connectivity index (χ3n) is 4.31. The first-order valence-electron chi connectivity index (χ1n) is 8.38. The zero-order valence-corrected chi connectivity index (χ0v) is 14.8. The molecule has 1 amide bonds. The summed E-state index contributed by atoms with van der Waals surface area (Å²) in [7, 11) is 0. The molecule has 130 valence electrons. The first kappa shape index (κ1) is 16.2. The fourth-order valence-electron chi connectivity index (χ4n) is 3.07. The number of hydrogen-bond donors (Lipinski definition) is 1. The van der Waals surface area contributed by atoms with Gasteiger partial charge in [0.1, 0.15) is 16.8 Å². The minimum atomic E-state index is -0.0691. The van der Waals surface area contributed by atoms with Gasteiger partial charge in [-0.1, -0.05) is 17.4 Å². The second-order valence-corrected chi connectivity index (χ2v) is 7.08. The molecule has 0 aromatic carbocycles. The summed E-state index contributed by atoms with van der Waals surface area (Å²) in [6.45, 7) is 2.74. The lowest BCUT2D eigenvalue weighted by Gasteiger charge is -2.04. The van der Waals surface area contributed by atoms with Crippen molar-refractivity contribution in [3.63, 3.8) is 0 Å². The molecule has 1 aliphatic heterocycles. The second-order valence-electron chi connectivity index (χ2n) is 6.07. The van der Waals surface area contributed by atoms with Crippen LogP contribution in [0.15, 0.2) is 24.4 Å². The van der Waals surface area contributed by atoms with Gasteiger partial charge in [-0.25, -0.2) is 4.98 Å². The van der Waals surface area contributed by atoms with Crippen LogP contribution in [-0.4, -0.2) is 32.1 Å². The molecule has 0 saturated carbocycles. The number of imidazole rings is 1. The van der Waals surface area contributed by atoms with E-state index in [1.165, 1.54) is 11.3 Å². The lowest BCUT2D eigenvalue weighted by molar-refractivity contribution is -0.116. The van der Waals surface area contributed by atoms with Gasteiger partial charge in [0.2, 0.25) is 11.0 Å². The van der Waals surface area contributed by atoms with Crippen LogP contribution in [0.25, 0.3) is 5.65 Å². The minimum absolute atomic E-state index is 0.0314. The lowest BCUT2D eigenvalue weighted by Crippen LogP contribution is -2.13. The van der Waals surface area contributed by atoms with Crippen molar-refractivity contribution in [2.24, 2.45) is 0 Å². The Labute approximate surface area is 149 Å². The third kappa shape index (κ3) is 3.40. The molecule has 4 heterocycles. The molecule has 1 N–H and O–H groups in total. The number of carbonyl (C=O) groups is 1. The van der Waals surface area contributed by atoms with Gasteiger partial charge in [0, 0.05) is 24.9 Å². The SMILES string of the molecule is Cc1nc2ccccn2c1CCC(=O)Nc1nnc(C2CCCO2)s1. The quantitative estimate of drug-likeness (QED) is 0.759. The predicted molar refractivity (Wildman–Crippen MR) is 94.7 cm³/mol. The van der Waals surface area contributed by atoms with Gasteiger partial charge in [0.15, 0.2) is 0 Å². The largest absolute Gasteiger partial charge is 0.371 e. The number of aryl methyl sites for hydroxylation is 2. The number of amides is 1. The standard InChI is InChI=1S/C17H19N5O2S/c1-11-12(22-9-3-2-6-14(22)18-11)7-8-15(23)19-17-21-20-16(25-17)13-5-4-10-24-13/h2-3,6,9,13H,4-5,7-8,10H2,1H3,(H,19,21,23). The zero-order chi connectivity index (χ0) is 17.2. The molecule has 0 radical (unpaired) electrons. The number of nitrogens with zero attached hydrogens (tertiary/aromatic N) is 4.